The molecule has 1 aliphatic rings. The number of halogens is 2. The molecule has 7 nitrogen and oxygen atoms in total. The van der Waals surface area contributed by atoms with Gasteiger partial charge in [-0.1, -0.05) is 34.5 Å². The maximum Gasteiger partial charge on any atom is 0.305 e. The number of thiazole rings is 1. The zero-order valence-corrected chi connectivity index (χ0v) is 19.5. The molecule has 2 aromatic carbocycles. The minimum Gasteiger partial charge on any atom is -0.490 e. The third-order valence-electron chi connectivity index (χ3n) is 5.38. The zero-order chi connectivity index (χ0) is 22.7. The normalized spacial score (nSPS) is 16.2. The lowest BCUT2D eigenvalue weighted by atomic mass is 10.1. The van der Waals surface area contributed by atoms with Gasteiger partial charge in [0.1, 0.15) is 11.9 Å². The summed E-state index contributed by atoms with van der Waals surface area (Å²) < 4.78 is 6.72. The van der Waals surface area contributed by atoms with Gasteiger partial charge in [0, 0.05) is 37.8 Å². The van der Waals surface area contributed by atoms with Gasteiger partial charge in [0.25, 0.3) is 5.91 Å². The Morgan fingerprint density at radius 3 is 2.75 bits per heavy atom. The Labute approximate surface area is 198 Å². The molecule has 0 unspecified atom stereocenters. The Hall–Kier alpha value is -2.10. The molecule has 1 amide bonds. The van der Waals surface area contributed by atoms with Crippen LogP contribution in [0.25, 0.3) is 10.2 Å². The van der Waals surface area contributed by atoms with Gasteiger partial charge in [-0.2, -0.15) is 0 Å². The topological polar surface area (TPSA) is 94.7 Å². The lowest BCUT2D eigenvalue weighted by Crippen LogP contribution is -2.45. The second-order valence-electron chi connectivity index (χ2n) is 7.78. The number of carbonyl (C=O) groups is 1. The Kier molecular flexibility index (Phi) is 7.37. The Bertz CT molecular complexity index is 1160. The lowest BCUT2D eigenvalue weighted by Gasteiger charge is -2.33. The van der Waals surface area contributed by atoms with Gasteiger partial charge in [0.2, 0.25) is 0 Å². The third kappa shape index (κ3) is 5.82. The number of benzene rings is 2. The number of amides is 1. The average molecular weight is 496 g/mol. The number of nitrogens with one attached hydrogen (secondary N) is 2. The molecule has 3 N–H and O–H groups in total. The van der Waals surface area contributed by atoms with E-state index in [2.05, 4.69) is 15.2 Å². The highest BCUT2D eigenvalue weighted by atomic mass is 35.5. The fraction of sp³-hybridized carbons (Fsp3) is 0.364. The largest absolute Gasteiger partial charge is 0.490 e. The number of aromatic nitrogens is 1. The number of hydrogen-bond acceptors (Lipinski definition) is 6. The van der Waals surface area contributed by atoms with E-state index in [4.69, 9.17) is 27.9 Å². The molecule has 1 fully saturated rings. The van der Waals surface area contributed by atoms with E-state index in [1.807, 2.05) is 0 Å². The summed E-state index contributed by atoms with van der Waals surface area (Å²) in [4.78, 5) is 28.5. The molecule has 1 aliphatic heterocycles. The standard InChI is InChI=1S/C22H23Cl2N3O4S/c23-17-3-2-16(10-18(17)24)31-15-5-7-27(8-6-15)12-14(28)11-25-21(29)13-1-4-19-20(9-13)32-22(30)26-19/h1-4,9-10,14-15,28H,5-8,11-12H2,(H,25,29)(H,26,30)/t14-/m1/s1. The molecule has 0 radical (unpaired) electrons. The molecule has 4 rings (SSSR count). The zero-order valence-electron chi connectivity index (χ0n) is 17.1. The Balaban J connectivity index is 1.20. The van der Waals surface area contributed by atoms with Gasteiger partial charge in [-0.3, -0.25) is 9.59 Å². The van der Waals surface area contributed by atoms with E-state index < -0.39 is 6.10 Å². The van der Waals surface area contributed by atoms with Crippen molar-refractivity contribution in [3.05, 3.63) is 61.7 Å². The number of rotatable bonds is 7. The van der Waals surface area contributed by atoms with E-state index >= 15 is 0 Å². The van der Waals surface area contributed by atoms with Crippen LogP contribution in [0.2, 0.25) is 10.0 Å². The van der Waals surface area contributed by atoms with Gasteiger partial charge in [-0.15, -0.1) is 0 Å². The second kappa shape index (κ2) is 10.2. The molecule has 0 spiro atoms. The predicted molar refractivity (Wildman–Crippen MR) is 127 cm³/mol. The van der Waals surface area contributed by atoms with E-state index in [-0.39, 0.29) is 23.4 Å². The summed E-state index contributed by atoms with van der Waals surface area (Å²) in [5.74, 6) is 0.422. The first-order valence-electron chi connectivity index (χ1n) is 10.3. The van der Waals surface area contributed by atoms with Crippen molar-refractivity contribution in [2.75, 3.05) is 26.2 Å². The number of aliphatic hydroxyl groups is 1. The third-order valence-corrected chi connectivity index (χ3v) is 6.96. The van der Waals surface area contributed by atoms with Gasteiger partial charge < -0.3 is 25.0 Å². The number of carbonyl (C=O) groups excluding carboxylic acids is 1. The van der Waals surface area contributed by atoms with Crippen LogP contribution in [0.4, 0.5) is 0 Å². The first kappa shape index (κ1) is 23.1. The molecule has 32 heavy (non-hydrogen) atoms. The van der Waals surface area contributed by atoms with Crippen molar-refractivity contribution in [1.29, 1.82) is 0 Å². The van der Waals surface area contributed by atoms with Crippen molar-refractivity contribution in [3.8, 4) is 5.75 Å². The van der Waals surface area contributed by atoms with Crippen LogP contribution in [0.5, 0.6) is 5.75 Å². The van der Waals surface area contributed by atoms with Crippen LogP contribution < -0.4 is 14.9 Å². The van der Waals surface area contributed by atoms with Crippen LogP contribution in [0, 0.1) is 0 Å². The number of aliphatic hydroxyl groups excluding tert-OH is 1. The van der Waals surface area contributed by atoms with E-state index in [1.165, 1.54) is 0 Å². The molecule has 10 heteroatoms. The lowest BCUT2D eigenvalue weighted by molar-refractivity contribution is 0.0594. The summed E-state index contributed by atoms with van der Waals surface area (Å²) in [7, 11) is 0. The Morgan fingerprint density at radius 2 is 2.00 bits per heavy atom. The summed E-state index contributed by atoms with van der Waals surface area (Å²) in [6.07, 6.45) is 1.07. The van der Waals surface area contributed by atoms with E-state index in [0.29, 0.717) is 33.4 Å². The fourth-order valence-corrected chi connectivity index (χ4v) is 4.78. The molecular formula is C22H23Cl2N3O4S. The fourth-order valence-electron chi connectivity index (χ4n) is 3.71. The molecule has 3 aromatic rings. The number of H-pyrrole nitrogens is 1. The van der Waals surface area contributed by atoms with Gasteiger partial charge >= 0.3 is 4.87 Å². The SMILES string of the molecule is O=C(NC[C@@H](O)CN1CCC(Oc2ccc(Cl)c(Cl)c2)CC1)c1ccc2[nH]c(=O)sc2c1. The number of β-amino-alcohol motifs (C(OH)–C–C–N with tert-alkyl or cyclic N) is 1. The van der Waals surface area contributed by atoms with Crippen LogP contribution in [0.1, 0.15) is 23.2 Å². The highest BCUT2D eigenvalue weighted by Gasteiger charge is 2.23. The number of aromatic amines is 1. The van der Waals surface area contributed by atoms with Crippen molar-refractivity contribution < 1.29 is 14.6 Å². The molecular weight excluding hydrogens is 473 g/mol. The number of likely N-dealkylation sites (tertiary alicyclic amines) is 1. The average Bonchev–Trinajstić information content (AvgIpc) is 3.15. The number of fused-ring (bicyclic) bond motifs is 1. The number of piperidine rings is 1. The van der Waals surface area contributed by atoms with Crippen molar-refractivity contribution in [1.82, 2.24) is 15.2 Å². The van der Waals surface area contributed by atoms with Crippen LogP contribution in [-0.4, -0.2) is 59.3 Å². The molecule has 170 valence electrons. The van der Waals surface area contributed by atoms with E-state index in [9.17, 15) is 14.7 Å². The minimum absolute atomic E-state index is 0.0828. The smallest absolute Gasteiger partial charge is 0.305 e. The summed E-state index contributed by atoms with van der Waals surface area (Å²) in [5.41, 5.74) is 1.17. The number of nitrogens with zero attached hydrogens (tertiary/aromatic N) is 1. The van der Waals surface area contributed by atoms with E-state index in [1.54, 1.807) is 36.4 Å². The molecule has 2 heterocycles. The molecule has 0 aliphatic carbocycles. The summed E-state index contributed by atoms with van der Waals surface area (Å²) >= 11 is 13.0. The maximum absolute atomic E-state index is 12.4. The predicted octanol–water partition coefficient (Wildman–Crippen LogP) is 3.53. The van der Waals surface area contributed by atoms with Crippen molar-refractivity contribution in [2.45, 2.75) is 25.0 Å². The highest BCUT2D eigenvalue weighted by molar-refractivity contribution is 7.16. The molecule has 1 atom stereocenters. The molecule has 0 bridgehead atoms. The monoisotopic (exact) mass is 495 g/mol. The molecule has 1 saturated heterocycles. The second-order valence-corrected chi connectivity index (χ2v) is 9.61. The maximum atomic E-state index is 12.4. The minimum atomic E-state index is -0.682. The summed E-state index contributed by atoms with van der Waals surface area (Å²) in [5, 5.41) is 14.1. The van der Waals surface area contributed by atoms with Crippen LogP contribution in [-0.2, 0) is 0 Å². The molecule has 0 saturated carbocycles. The van der Waals surface area contributed by atoms with Gasteiger partial charge in [0.15, 0.2) is 0 Å². The first-order valence-corrected chi connectivity index (χ1v) is 11.9. The highest BCUT2D eigenvalue weighted by Crippen LogP contribution is 2.28. The summed E-state index contributed by atoms with van der Waals surface area (Å²) in [6, 6.07) is 10.3. The first-order chi connectivity index (χ1) is 15.4. The van der Waals surface area contributed by atoms with Crippen LogP contribution in [0.15, 0.2) is 41.2 Å². The molecule has 1 aromatic heterocycles. The van der Waals surface area contributed by atoms with Crippen molar-refractivity contribution in [3.63, 3.8) is 0 Å². The van der Waals surface area contributed by atoms with Crippen molar-refractivity contribution in [2.24, 2.45) is 0 Å². The quantitative estimate of drug-likeness (QED) is 0.465. The van der Waals surface area contributed by atoms with Gasteiger partial charge in [0.05, 0.1) is 26.4 Å². The Morgan fingerprint density at radius 1 is 1.22 bits per heavy atom. The van der Waals surface area contributed by atoms with E-state index in [0.717, 1.165) is 42.0 Å². The van der Waals surface area contributed by atoms with Gasteiger partial charge in [-0.25, -0.2) is 0 Å². The van der Waals surface area contributed by atoms with Crippen LogP contribution >= 0.6 is 34.5 Å². The summed E-state index contributed by atoms with van der Waals surface area (Å²) in [6.45, 7) is 2.21. The van der Waals surface area contributed by atoms with Crippen LogP contribution in [0.3, 0.4) is 0 Å². The van der Waals surface area contributed by atoms with Gasteiger partial charge in [-0.05, 0) is 43.2 Å². The number of hydrogen-bond donors (Lipinski definition) is 3. The number of ether oxygens (including phenoxy) is 1. The van der Waals surface area contributed by atoms with Crippen molar-refractivity contribution >= 4 is 50.7 Å².